The van der Waals surface area contributed by atoms with Crippen LogP contribution in [-0.4, -0.2) is 12.5 Å². The molecule has 0 atom stereocenters. The molecule has 0 saturated heterocycles. The molecule has 0 unspecified atom stereocenters. The molecule has 0 aliphatic rings. The Bertz CT molecular complexity index is 399. The predicted octanol–water partition coefficient (Wildman–Crippen LogP) is 3.30. The molecular formula is C13H16INO. The molecule has 0 spiro atoms. The number of aryl methyl sites for hydroxylation is 1. The van der Waals surface area contributed by atoms with Crippen LogP contribution < -0.4 is 5.32 Å². The molecule has 1 aromatic carbocycles. The van der Waals surface area contributed by atoms with E-state index in [0.29, 0.717) is 6.54 Å². The highest BCUT2D eigenvalue weighted by Crippen LogP contribution is 2.13. The van der Waals surface area contributed by atoms with Crippen molar-refractivity contribution in [2.24, 2.45) is 0 Å². The molecule has 0 fully saturated rings. The molecular weight excluding hydrogens is 313 g/mol. The molecule has 1 aromatic rings. The summed E-state index contributed by atoms with van der Waals surface area (Å²) in [5, 5.41) is 2.89. The van der Waals surface area contributed by atoms with E-state index in [1.165, 1.54) is 3.57 Å². The van der Waals surface area contributed by atoms with Crippen LogP contribution in [-0.2, 0) is 0 Å². The van der Waals surface area contributed by atoms with Gasteiger partial charge in [0.1, 0.15) is 0 Å². The lowest BCUT2D eigenvalue weighted by Gasteiger charge is -2.05. The van der Waals surface area contributed by atoms with Crippen LogP contribution in [0.2, 0.25) is 0 Å². The number of nitrogens with one attached hydrogen (secondary N) is 1. The summed E-state index contributed by atoms with van der Waals surface area (Å²) < 4.78 is 1.18. The average Bonchev–Trinajstić information content (AvgIpc) is 2.28. The Morgan fingerprint density at radius 1 is 1.50 bits per heavy atom. The molecule has 1 N–H and O–H groups in total. The van der Waals surface area contributed by atoms with Crippen molar-refractivity contribution in [3.05, 3.63) is 45.0 Å². The molecule has 0 bridgehead atoms. The van der Waals surface area contributed by atoms with E-state index in [0.717, 1.165) is 17.5 Å². The zero-order valence-corrected chi connectivity index (χ0v) is 11.7. The van der Waals surface area contributed by atoms with Gasteiger partial charge in [0.05, 0.1) is 0 Å². The molecule has 0 heterocycles. The van der Waals surface area contributed by atoms with Crippen LogP contribution in [0.15, 0.2) is 30.4 Å². The Kier molecular flexibility index (Phi) is 5.52. The molecule has 2 nitrogen and oxygen atoms in total. The highest BCUT2D eigenvalue weighted by atomic mass is 127. The molecule has 0 radical (unpaired) electrons. The fraction of sp³-hybridized carbons (Fsp3) is 0.308. The Hall–Kier alpha value is -0.840. The van der Waals surface area contributed by atoms with Gasteiger partial charge in [-0.1, -0.05) is 12.2 Å². The monoisotopic (exact) mass is 329 g/mol. The summed E-state index contributed by atoms with van der Waals surface area (Å²) in [6, 6.07) is 5.75. The van der Waals surface area contributed by atoms with E-state index < -0.39 is 0 Å². The first-order valence-electron chi connectivity index (χ1n) is 5.30. The first kappa shape index (κ1) is 13.2. The quantitative estimate of drug-likeness (QED) is 0.513. The van der Waals surface area contributed by atoms with E-state index in [1.807, 2.05) is 44.2 Å². The molecule has 0 saturated carbocycles. The lowest BCUT2D eigenvalue weighted by atomic mass is 10.1. The standard InChI is InChI=1S/C13H16INO/c1-3-4-5-8-15-13(16)11-6-7-12(14)10(2)9-11/h3-4,6-7,9H,5,8H2,1-2H3,(H,15,16)/b4-3+. The second-order valence-electron chi connectivity index (χ2n) is 3.58. The fourth-order valence-corrected chi connectivity index (χ4v) is 1.66. The minimum atomic E-state index is 0.00371. The zero-order valence-electron chi connectivity index (χ0n) is 9.59. The number of carbonyl (C=O) groups is 1. The number of amides is 1. The van der Waals surface area contributed by atoms with Crippen molar-refractivity contribution in [3.8, 4) is 0 Å². The normalized spacial score (nSPS) is 10.7. The first-order chi connectivity index (χ1) is 7.65. The third-order valence-electron chi connectivity index (χ3n) is 2.25. The van der Waals surface area contributed by atoms with E-state index in [-0.39, 0.29) is 5.91 Å². The SMILES string of the molecule is C/C=C/CCNC(=O)c1ccc(I)c(C)c1. The highest BCUT2D eigenvalue weighted by molar-refractivity contribution is 14.1. The number of allylic oxidation sites excluding steroid dienone is 1. The number of rotatable bonds is 4. The maximum atomic E-state index is 11.7. The van der Waals surface area contributed by atoms with Crippen molar-refractivity contribution in [2.45, 2.75) is 20.3 Å². The van der Waals surface area contributed by atoms with Gasteiger partial charge in [-0.05, 0) is 66.6 Å². The Labute approximate surface area is 110 Å². The fourth-order valence-electron chi connectivity index (χ4n) is 1.32. The summed E-state index contributed by atoms with van der Waals surface area (Å²) in [4.78, 5) is 11.7. The molecule has 1 amide bonds. The summed E-state index contributed by atoms with van der Waals surface area (Å²) >= 11 is 2.26. The van der Waals surface area contributed by atoms with Crippen molar-refractivity contribution in [1.82, 2.24) is 5.32 Å². The van der Waals surface area contributed by atoms with Crippen molar-refractivity contribution < 1.29 is 4.79 Å². The van der Waals surface area contributed by atoms with Crippen LogP contribution in [0, 0.1) is 10.5 Å². The van der Waals surface area contributed by atoms with Gasteiger partial charge in [-0.3, -0.25) is 4.79 Å². The van der Waals surface area contributed by atoms with E-state index in [2.05, 4.69) is 27.9 Å². The maximum Gasteiger partial charge on any atom is 0.251 e. The third-order valence-corrected chi connectivity index (χ3v) is 3.46. The molecule has 0 aliphatic carbocycles. The summed E-state index contributed by atoms with van der Waals surface area (Å²) in [6.07, 6.45) is 4.91. The van der Waals surface area contributed by atoms with Crippen molar-refractivity contribution in [1.29, 1.82) is 0 Å². The molecule has 0 aromatic heterocycles. The van der Waals surface area contributed by atoms with Gasteiger partial charge in [-0.2, -0.15) is 0 Å². The zero-order chi connectivity index (χ0) is 12.0. The summed E-state index contributed by atoms with van der Waals surface area (Å²) in [5.74, 6) is 0.00371. The highest BCUT2D eigenvalue weighted by Gasteiger charge is 2.05. The second-order valence-corrected chi connectivity index (χ2v) is 4.74. The van der Waals surface area contributed by atoms with Crippen LogP contribution in [0.25, 0.3) is 0 Å². The molecule has 86 valence electrons. The van der Waals surface area contributed by atoms with Crippen LogP contribution in [0.5, 0.6) is 0 Å². The molecule has 1 rings (SSSR count). The van der Waals surface area contributed by atoms with Crippen LogP contribution in [0.4, 0.5) is 0 Å². The minimum absolute atomic E-state index is 0.00371. The lowest BCUT2D eigenvalue weighted by molar-refractivity contribution is 0.0954. The summed E-state index contributed by atoms with van der Waals surface area (Å²) in [6.45, 7) is 4.68. The first-order valence-corrected chi connectivity index (χ1v) is 6.38. The van der Waals surface area contributed by atoms with Gasteiger partial charge in [0.15, 0.2) is 0 Å². The van der Waals surface area contributed by atoms with Crippen molar-refractivity contribution in [3.63, 3.8) is 0 Å². The van der Waals surface area contributed by atoms with E-state index >= 15 is 0 Å². The largest absolute Gasteiger partial charge is 0.352 e. The minimum Gasteiger partial charge on any atom is -0.352 e. The van der Waals surface area contributed by atoms with Gasteiger partial charge in [0, 0.05) is 15.7 Å². The van der Waals surface area contributed by atoms with Crippen molar-refractivity contribution in [2.75, 3.05) is 6.54 Å². The van der Waals surface area contributed by atoms with Gasteiger partial charge in [0.25, 0.3) is 5.91 Å². The van der Waals surface area contributed by atoms with Gasteiger partial charge in [-0.15, -0.1) is 0 Å². The van der Waals surface area contributed by atoms with Gasteiger partial charge >= 0.3 is 0 Å². The van der Waals surface area contributed by atoms with Crippen LogP contribution >= 0.6 is 22.6 Å². The third kappa shape index (κ3) is 3.96. The Morgan fingerprint density at radius 3 is 2.88 bits per heavy atom. The summed E-state index contributed by atoms with van der Waals surface area (Å²) in [7, 11) is 0. The van der Waals surface area contributed by atoms with Crippen molar-refractivity contribution >= 4 is 28.5 Å². The maximum absolute atomic E-state index is 11.7. The van der Waals surface area contributed by atoms with Gasteiger partial charge in [-0.25, -0.2) is 0 Å². The van der Waals surface area contributed by atoms with E-state index in [4.69, 9.17) is 0 Å². The van der Waals surface area contributed by atoms with Crippen LogP contribution in [0.3, 0.4) is 0 Å². The summed E-state index contributed by atoms with van der Waals surface area (Å²) in [5.41, 5.74) is 1.88. The predicted molar refractivity (Wildman–Crippen MR) is 75.7 cm³/mol. The molecule has 0 aliphatic heterocycles. The number of hydrogen-bond acceptors (Lipinski definition) is 1. The number of benzene rings is 1. The van der Waals surface area contributed by atoms with Gasteiger partial charge in [0.2, 0.25) is 0 Å². The number of hydrogen-bond donors (Lipinski definition) is 1. The smallest absolute Gasteiger partial charge is 0.251 e. The number of carbonyl (C=O) groups excluding carboxylic acids is 1. The average molecular weight is 329 g/mol. The Morgan fingerprint density at radius 2 is 2.25 bits per heavy atom. The topological polar surface area (TPSA) is 29.1 Å². The van der Waals surface area contributed by atoms with E-state index in [1.54, 1.807) is 0 Å². The Balaban J connectivity index is 2.56. The molecule has 3 heteroatoms. The number of halogens is 1. The molecule has 16 heavy (non-hydrogen) atoms. The van der Waals surface area contributed by atoms with Gasteiger partial charge < -0.3 is 5.32 Å². The second kappa shape index (κ2) is 6.68. The lowest BCUT2D eigenvalue weighted by Crippen LogP contribution is -2.24. The van der Waals surface area contributed by atoms with E-state index in [9.17, 15) is 4.79 Å². The van der Waals surface area contributed by atoms with Crippen LogP contribution in [0.1, 0.15) is 29.3 Å².